The standard InChI is InChI=1S/C21H24N4O3S/c1-13-5-4-6-16(11-13)20(28)23-21(29)25-24-19(27)10-9-18(26)22-17-8-7-14(2)15(3)12-17/h4-8,11-12H,9-10H2,1-3H3,(H,22,26)(H,24,27)(H2,23,25,28,29). The monoisotopic (exact) mass is 412 g/mol. The Hall–Kier alpha value is -3.26. The summed E-state index contributed by atoms with van der Waals surface area (Å²) in [5.74, 6) is -1.07. The molecule has 8 heteroatoms. The molecule has 0 fully saturated rings. The zero-order chi connectivity index (χ0) is 21.4. The normalized spacial score (nSPS) is 10.0. The maximum atomic E-state index is 12.1. The Bertz CT molecular complexity index is 943. The zero-order valence-electron chi connectivity index (χ0n) is 16.6. The fraction of sp³-hybridized carbons (Fsp3) is 0.238. The summed E-state index contributed by atoms with van der Waals surface area (Å²) in [5.41, 5.74) is 9.13. The van der Waals surface area contributed by atoms with Crippen molar-refractivity contribution in [2.45, 2.75) is 33.6 Å². The SMILES string of the molecule is Cc1cccc(C(=O)NC(=S)NNC(=O)CCC(=O)Nc2ccc(C)c(C)c2)c1. The van der Waals surface area contributed by atoms with Crippen LogP contribution in [-0.2, 0) is 9.59 Å². The second-order valence-corrected chi connectivity index (χ2v) is 7.08. The number of hydrazine groups is 1. The quantitative estimate of drug-likeness (QED) is 0.447. The molecule has 0 bridgehead atoms. The van der Waals surface area contributed by atoms with Gasteiger partial charge in [0.15, 0.2) is 5.11 Å². The first-order valence-corrected chi connectivity index (χ1v) is 9.49. The van der Waals surface area contributed by atoms with E-state index in [0.717, 1.165) is 16.7 Å². The predicted molar refractivity (Wildman–Crippen MR) is 116 cm³/mol. The summed E-state index contributed by atoms with van der Waals surface area (Å²) >= 11 is 4.99. The molecule has 0 aromatic heterocycles. The van der Waals surface area contributed by atoms with Crippen molar-refractivity contribution in [1.82, 2.24) is 16.2 Å². The predicted octanol–water partition coefficient (Wildman–Crippen LogP) is 2.67. The number of rotatable bonds is 5. The van der Waals surface area contributed by atoms with Crippen LogP contribution in [0.5, 0.6) is 0 Å². The van der Waals surface area contributed by atoms with Crippen LogP contribution in [0.15, 0.2) is 42.5 Å². The third kappa shape index (κ3) is 7.34. The molecule has 152 valence electrons. The van der Waals surface area contributed by atoms with Crippen molar-refractivity contribution in [1.29, 1.82) is 0 Å². The molecular formula is C21H24N4O3S. The lowest BCUT2D eigenvalue weighted by Crippen LogP contribution is -2.48. The Kier molecular flexibility index (Phi) is 7.85. The van der Waals surface area contributed by atoms with E-state index >= 15 is 0 Å². The number of anilines is 1. The van der Waals surface area contributed by atoms with Gasteiger partial charge in [0, 0.05) is 24.1 Å². The highest BCUT2D eigenvalue weighted by molar-refractivity contribution is 7.80. The molecule has 0 aliphatic rings. The largest absolute Gasteiger partial charge is 0.326 e. The summed E-state index contributed by atoms with van der Waals surface area (Å²) in [7, 11) is 0. The molecule has 0 aliphatic heterocycles. The number of thiocarbonyl (C=S) groups is 1. The van der Waals surface area contributed by atoms with Crippen LogP contribution >= 0.6 is 12.2 Å². The first-order valence-electron chi connectivity index (χ1n) is 9.08. The van der Waals surface area contributed by atoms with Gasteiger partial charge in [0.05, 0.1) is 0 Å². The molecule has 7 nitrogen and oxygen atoms in total. The Morgan fingerprint density at radius 3 is 2.28 bits per heavy atom. The zero-order valence-corrected chi connectivity index (χ0v) is 17.4. The molecule has 0 saturated carbocycles. The summed E-state index contributed by atoms with van der Waals surface area (Å²) < 4.78 is 0. The molecule has 2 aromatic carbocycles. The minimum Gasteiger partial charge on any atom is -0.326 e. The maximum Gasteiger partial charge on any atom is 0.257 e. The first kappa shape index (κ1) is 22.0. The average molecular weight is 413 g/mol. The topological polar surface area (TPSA) is 99.3 Å². The summed E-state index contributed by atoms with van der Waals surface area (Å²) in [6.07, 6.45) is -0.0129. The van der Waals surface area contributed by atoms with Crippen LogP contribution in [0.1, 0.15) is 39.9 Å². The van der Waals surface area contributed by atoms with Gasteiger partial charge in [-0.1, -0.05) is 23.8 Å². The second-order valence-electron chi connectivity index (χ2n) is 6.67. The van der Waals surface area contributed by atoms with Crippen LogP contribution < -0.4 is 21.5 Å². The van der Waals surface area contributed by atoms with Gasteiger partial charge in [0.1, 0.15) is 0 Å². The number of hydrogen-bond acceptors (Lipinski definition) is 4. The van der Waals surface area contributed by atoms with Crippen molar-refractivity contribution >= 4 is 40.7 Å². The van der Waals surface area contributed by atoms with Gasteiger partial charge in [-0.15, -0.1) is 0 Å². The van der Waals surface area contributed by atoms with Crippen LogP contribution in [0.3, 0.4) is 0 Å². The maximum absolute atomic E-state index is 12.1. The molecule has 0 aliphatic carbocycles. The fourth-order valence-electron chi connectivity index (χ4n) is 2.45. The molecular weight excluding hydrogens is 388 g/mol. The fourth-order valence-corrected chi connectivity index (χ4v) is 2.60. The van der Waals surface area contributed by atoms with Crippen molar-refractivity contribution in [3.8, 4) is 0 Å². The molecule has 0 saturated heterocycles. The van der Waals surface area contributed by atoms with E-state index < -0.39 is 5.91 Å². The van der Waals surface area contributed by atoms with Gasteiger partial charge in [-0.25, -0.2) is 0 Å². The number of benzene rings is 2. The molecule has 2 aromatic rings. The van der Waals surface area contributed by atoms with Crippen molar-refractivity contribution in [2.75, 3.05) is 5.32 Å². The molecule has 0 atom stereocenters. The van der Waals surface area contributed by atoms with Gasteiger partial charge >= 0.3 is 0 Å². The van der Waals surface area contributed by atoms with E-state index in [1.807, 2.05) is 45.0 Å². The minimum atomic E-state index is -0.424. The number of nitrogens with one attached hydrogen (secondary N) is 4. The molecule has 3 amide bonds. The summed E-state index contributed by atoms with van der Waals surface area (Å²) in [4.78, 5) is 35.9. The Balaban J connectivity index is 1.70. The van der Waals surface area contributed by atoms with E-state index in [1.165, 1.54) is 0 Å². The van der Waals surface area contributed by atoms with Crippen molar-refractivity contribution in [3.63, 3.8) is 0 Å². The number of aryl methyl sites for hydroxylation is 3. The molecule has 0 unspecified atom stereocenters. The van der Waals surface area contributed by atoms with Crippen molar-refractivity contribution in [3.05, 3.63) is 64.7 Å². The highest BCUT2D eigenvalue weighted by atomic mass is 32.1. The van der Waals surface area contributed by atoms with Gasteiger partial charge < -0.3 is 5.32 Å². The lowest BCUT2D eigenvalue weighted by molar-refractivity contribution is -0.124. The highest BCUT2D eigenvalue weighted by Crippen LogP contribution is 2.14. The van der Waals surface area contributed by atoms with Gasteiger partial charge in [-0.2, -0.15) is 0 Å². The van der Waals surface area contributed by atoms with Crippen LogP contribution in [-0.4, -0.2) is 22.8 Å². The third-order valence-corrected chi connectivity index (χ3v) is 4.40. The smallest absolute Gasteiger partial charge is 0.257 e. The third-order valence-electron chi connectivity index (χ3n) is 4.19. The van der Waals surface area contributed by atoms with Gasteiger partial charge in [0.25, 0.3) is 5.91 Å². The van der Waals surface area contributed by atoms with E-state index in [0.29, 0.717) is 11.3 Å². The summed E-state index contributed by atoms with van der Waals surface area (Å²) in [6.45, 7) is 5.83. The number of carbonyl (C=O) groups excluding carboxylic acids is 3. The molecule has 4 N–H and O–H groups in total. The number of amides is 3. The average Bonchev–Trinajstić information content (AvgIpc) is 2.67. The summed E-state index contributed by atoms with van der Waals surface area (Å²) in [6, 6.07) is 12.7. The van der Waals surface area contributed by atoms with Gasteiger partial charge in [-0.05, 0) is 68.4 Å². The Labute approximate surface area is 175 Å². The summed E-state index contributed by atoms with van der Waals surface area (Å²) in [5, 5.41) is 5.19. The van der Waals surface area contributed by atoms with Crippen molar-refractivity contribution < 1.29 is 14.4 Å². The molecule has 0 radical (unpaired) electrons. The second kappa shape index (κ2) is 10.3. The van der Waals surface area contributed by atoms with E-state index in [-0.39, 0.29) is 29.8 Å². The Morgan fingerprint density at radius 1 is 0.862 bits per heavy atom. The lowest BCUT2D eigenvalue weighted by Gasteiger charge is -2.11. The minimum absolute atomic E-state index is 0.0167. The first-order chi connectivity index (χ1) is 13.7. The van der Waals surface area contributed by atoms with Crippen LogP contribution in [0.2, 0.25) is 0 Å². The molecule has 2 rings (SSSR count). The van der Waals surface area contributed by atoms with Crippen LogP contribution in [0.25, 0.3) is 0 Å². The van der Waals surface area contributed by atoms with Gasteiger partial charge in [0.2, 0.25) is 11.8 Å². The van der Waals surface area contributed by atoms with Gasteiger partial charge in [-0.3, -0.25) is 30.6 Å². The van der Waals surface area contributed by atoms with E-state index in [4.69, 9.17) is 12.2 Å². The number of carbonyl (C=O) groups is 3. The van der Waals surface area contributed by atoms with E-state index in [2.05, 4.69) is 21.5 Å². The van der Waals surface area contributed by atoms with Crippen LogP contribution in [0, 0.1) is 20.8 Å². The highest BCUT2D eigenvalue weighted by Gasteiger charge is 2.10. The van der Waals surface area contributed by atoms with Crippen molar-refractivity contribution in [2.24, 2.45) is 0 Å². The lowest BCUT2D eigenvalue weighted by atomic mass is 10.1. The Morgan fingerprint density at radius 2 is 1.59 bits per heavy atom. The van der Waals surface area contributed by atoms with E-state index in [1.54, 1.807) is 18.2 Å². The van der Waals surface area contributed by atoms with Crippen LogP contribution in [0.4, 0.5) is 5.69 Å². The van der Waals surface area contributed by atoms with E-state index in [9.17, 15) is 14.4 Å². The number of hydrogen-bond donors (Lipinski definition) is 4. The molecule has 0 heterocycles. The molecule has 29 heavy (non-hydrogen) atoms. The molecule has 0 spiro atoms.